The highest BCUT2D eigenvalue weighted by Crippen LogP contribution is 2.32. The summed E-state index contributed by atoms with van der Waals surface area (Å²) in [6.45, 7) is 4.49. The molecule has 0 aromatic heterocycles. The molecule has 0 amide bonds. The van der Waals surface area contributed by atoms with Crippen molar-refractivity contribution in [2.75, 3.05) is 11.6 Å². The van der Waals surface area contributed by atoms with E-state index in [4.69, 9.17) is 0 Å². The molecule has 5 heteroatoms. The van der Waals surface area contributed by atoms with Crippen molar-refractivity contribution >= 4 is 15.5 Å². The van der Waals surface area contributed by atoms with E-state index < -0.39 is 15.7 Å². The van der Waals surface area contributed by atoms with Crippen molar-refractivity contribution in [3.8, 4) is 0 Å². The maximum absolute atomic E-state index is 13.9. The fraction of sp³-hybridized carbons (Fsp3) is 0.625. The van der Waals surface area contributed by atoms with Crippen LogP contribution < -0.4 is 5.32 Å². The molecule has 118 valence electrons. The van der Waals surface area contributed by atoms with Crippen LogP contribution in [0.15, 0.2) is 23.1 Å². The fourth-order valence-corrected chi connectivity index (χ4v) is 3.64. The fourth-order valence-electron chi connectivity index (χ4n) is 3.00. The predicted molar refractivity (Wildman–Crippen MR) is 83.7 cm³/mol. The molecule has 21 heavy (non-hydrogen) atoms. The van der Waals surface area contributed by atoms with Gasteiger partial charge in [0.05, 0.1) is 10.6 Å². The van der Waals surface area contributed by atoms with Gasteiger partial charge in [-0.2, -0.15) is 0 Å². The van der Waals surface area contributed by atoms with E-state index in [1.807, 2.05) is 0 Å². The molecule has 1 aromatic rings. The first-order chi connectivity index (χ1) is 9.77. The zero-order valence-electron chi connectivity index (χ0n) is 12.9. The number of rotatable bonds is 4. The number of anilines is 1. The first kappa shape index (κ1) is 16.3. The van der Waals surface area contributed by atoms with Gasteiger partial charge in [0.1, 0.15) is 5.82 Å². The molecule has 3 nitrogen and oxygen atoms in total. The molecule has 1 N–H and O–H groups in total. The lowest BCUT2D eigenvalue weighted by Crippen LogP contribution is -2.28. The minimum absolute atomic E-state index is 0.155. The zero-order valence-corrected chi connectivity index (χ0v) is 13.7. The molecule has 0 unspecified atom stereocenters. The number of nitrogens with one attached hydrogen (secondary N) is 1. The average molecular weight is 313 g/mol. The van der Waals surface area contributed by atoms with Crippen LogP contribution >= 0.6 is 0 Å². The second kappa shape index (κ2) is 6.34. The van der Waals surface area contributed by atoms with Gasteiger partial charge in [0.25, 0.3) is 0 Å². The van der Waals surface area contributed by atoms with Crippen LogP contribution in [-0.4, -0.2) is 20.7 Å². The Bertz CT molecular complexity index is 590. The van der Waals surface area contributed by atoms with E-state index in [2.05, 4.69) is 19.2 Å². The van der Waals surface area contributed by atoms with Crippen molar-refractivity contribution in [1.82, 2.24) is 0 Å². The number of hydrogen-bond donors (Lipinski definition) is 1. The molecule has 1 aliphatic carbocycles. The van der Waals surface area contributed by atoms with Crippen LogP contribution in [0.2, 0.25) is 0 Å². The summed E-state index contributed by atoms with van der Waals surface area (Å²) in [5, 5.41) is 3.18. The Kier molecular flexibility index (Phi) is 4.91. The lowest BCUT2D eigenvalue weighted by Gasteiger charge is -2.32. The highest BCUT2D eigenvalue weighted by atomic mass is 32.2. The topological polar surface area (TPSA) is 46.2 Å². The smallest absolute Gasteiger partial charge is 0.175 e. The molecule has 0 bridgehead atoms. The standard InChI is InChI=1S/C16H24FNO2S/c1-11(2)12-4-6-13(7-5-12)18-16-10-14(21(3,19)20)8-9-15(16)17/h8-13,18H,4-7H2,1-3H3. The molecule has 0 atom stereocenters. The van der Waals surface area contributed by atoms with Gasteiger partial charge in [0.15, 0.2) is 9.84 Å². The Morgan fingerprint density at radius 3 is 2.33 bits per heavy atom. The third-order valence-corrected chi connectivity index (χ3v) is 5.55. The maximum Gasteiger partial charge on any atom is 0.175 e. The van der Waals surface area contributed by atoms with Crippen LogP contribution in [-0.2, 0) is 9.84 Å². The average Bonchev–Trinajstić information content (AvgIpc) is 2.40. The molecular formula is C16H24FNO2S. The maximum atomic E-state index is 13.9. The van der Waals surface area contributed by atoms with Gasteiger partial charge in [-0.15, -0.1) is 0 Å². The Hall–Kier alpha value is -1.10. The largest absolute Gasteiger partial charge is 0.380 e. The van der Waals surface area contributed by atoms with Crippen LogP contribution in [0.1, 0.15) is 39.5 Å². The molecule has 0 aliphatic heterocycles. The lowest BCUT2D eigenvalue weighted by atomic mass is 9.79. The SMILES string of the molecule is CC(C)C1CCC(Nc2cc(S(C)(=O)=O)ccc2F)CC1. The van der Waals surface area contributed by atoms with Crippen LogP contribution in [0.3, 0.4) is 0 Å². The summed E-state index contributed by atoms with van der Waals surface area (Å²) in [7, 11) is -3.31. The molecule has 2 rings (SSSR count). The van der Waals surface area contributed by atoms with E-state index in [1.54, 1.807) is 0 Å². The van der Waals surface area contributed by atoms with Crippen molar-refractivity contribution in [3.63, 3.8) is 0 Å². The summed E-state index contributed by atoms with van der Waals surface area (Å²) in [6.07, 6.45) is 5.43. The first-order valence-electron chi connectivity index (χ1n) is 7.53. The van der Waals surface area contributed by atoms with Gasteiger partial charge in [-0.3, -0.25) is 0 Å². The Morgan fingerprint density at radius 2 is 1.81 bits per heavy atom. The summed E-state index contributed by atoms with van der Waals surface area (Å²) in [4.78, 5) is 0.155. The van der Waals surface area contributed by atoms with E-state index >= 15 is 0 Å². The van der Waals surface area contributed by atoms with Crippen LogP contribution in [0.25, 0.3) is 0 Å². The molecular weight excluding hydrogens is 289 g/mol. The molecule has 1 aliphatic rings. The lowest BCUT2D eigenvalue weighted by molar-refractivity contribution is 0.266. The number of benzene rings is 1. The number of halogens is 1. The first-order valence-corrected chi connectivity index (χ1v) is 9.42. The van der Waals surface area contributed by atoms with Crippen molar-refractivity contribution < 1.29 is 12.8 Å². The highest BCUT2D eigenvalue weighted by Gasteiger charge is 2.24. The minimum atomic E-state index is -3.31. The third-order valence-electron chi connectivity index (χ3n) is 4.44. The molecule has 0 radical (unpaired) electrons. The van der Waals surface area contributed by atoms with Gasteiger partial charge in [0.2, 0.25) is 0 Å². The third kappa shape index (κ3) is 4.19. The second-order valence-corrected chi connectivity index (χ2v) is 8.43. The minimum Gasteiger partial charge on any atom is -0.380 e. The molecule has 0 saturated heterocycles. The van der Waals surface area contributed by atoms with Gasteiger partial charge in [-0.1, -0.05) is 13.8 Å². The summed E-state index contributed by atoms with van der Waals surface area (Å²) < 4.78 is 37.0. The Morgan fingerprint density at radius 1 is 1.19 bits per heavy atom. The van der Waals surface area contributed by atoms with Gasteiger partial charge in [0, 0.05) is 12.3 Å². The quantitative estimate of drug-likeness (QED) is 0.859. The molecule has 1 saturated carbocycles. The molecule has 1 fully saturated rings. The van der Waals surface area contributed by atoms with Crippen molar-refractivity contribution in [2.24, 2.45) is 11.8 Å². The van der Waals surface area contributed by atoms with Gasteiger partial charge in [-0.05, 0) is 55.7 Å². The zero-order chi connectivity index (χ0) is 15.6. The van der Waals surface area contributed by atoms with E-state index in [-0.39, 0.29) is 10.9 Å². The van der Waals surface area contributed by atoms with Crippen molar-refractivity contribution in [2.45, 2.75) is 50.5 Å². The summed E-state index contributed by atoms with van der Waals surface area (Å²) >= 11 is 0. The van der Waals surface area contributed by atoms with Gasteiger partial charge < -0.3 is 5.32 Å². The van der Waals surface area contributed by atoms with E-state index in [0.29, 0.717) is 11.6 Å². The molecule has 0 heterocycles. The summed E-state index contributed by atoms with van der Waals surface area (Å²) in [6, 6.07) is 4.16. The van der Waals surface area contributed by atoms with E-state index in [9.17, 15) is 12.8 Å². The molecule has 0 spiro atoms. The normalized spacial score (nSPS) is 23.3. The van der Waals surface area contributed by atoms with Crippen LogP contribution in [0, 0.1) is 17.7 Å². The predicted octanol–water partition coefficient (Wildman–Crippen LogP) is 3.86. The highest BCUT2D eigenvalue weighted by molar-refractivity contribution is 7.90. The van der Waals surface area contributed by atoms with Crippen LogP contribution in [0.5, 0.6) is 0 Å². The number of hydrogen-bond acceptors (Lipinski definition) is 3. The monoisotopic (exact) mass is 313 g/mol. The summed E-state index contributed by atoms with van der Waals surface area (Å²) in [5.74, 6) is 1.04. The van der Waals surface area contributed by atoms with Crippen LogP contribution in [0.4, 0.5) is 10.1 Å². The van der Waals surface area contributed by atoms with Gasteiger partial charge >= 0.3 is 0 Å². The van der Waals surface area contributed by atoms with E-state index in [0.717, 1.165) is 37.9 Å². The second-order valence-electron chi connectivity index (χ2n) is 6.41. The van der Waals surface area contributed by atoms with Crippen molar-refractivity contribution in [3.05, 3.63) is 24.0 Å². The van der Waals surface area contributed by atoms with Gasteiger partial charge in [-0.25, -0.2) is 12.8 Å². The summed E-state index contributed by atoms with van der Waals surface area (Å²) in [5.41, 5.74) is 0.297. The van der Waals surface area contributed by atoms with Crippen molar-refractivity contribution in [1.29, 1.82) is 0 Å². The number of sulfone groups is 1. The molecule has 1 aromatic carbocycles. The Balaban J connectivity index is 2.07. The Labute approximate surface area is 126 Å². The van der Waals surface area contributed by atoms with E-state index in [1.165, 1.54) is 18.2 Å².